The van der Waals surface area contributed by atoms with Crippen molar-refractivity contribution in [2.45, 2.75) is 11.6 Å². The quantitative estimate of drug-likeness (QED) is 0.411. The Bertz CT molecular complexity index is 1050. The number of β-amino-alcohol motifs (C(OH)–C–C–N with tert-alkyl or cyclic N) is 1. The second-order valence-electron chi connectivity index (χ2n) is 7.90. The zero-order valence-corrected chi connectivity index (χ0v) is 19.8. The van der Waals surface area contributed by atoms with Crippen LogP contribution in [0.25, 0.3) is 0 Å². The SMILES string of the molecule is Cn1cc(C2(O)CN(C(c3ccccc3)c3ccccc3)C2)cn1.Cn1cc(I)cn1. The molecule has 0 unspecified atom stereocenters. The van der Waals surface area contributed by atoms with Crippen LogP contribution in [0.2, 0.25) is 0 Å². The molecule has 1 fully saturated rings. The average Bonchev–Trinajstić information content (AvgIpc) is 3.36. The molecule has 0 bridgehead atoms. The standard InChI is InChI=1S/C20H21N3O.C4H5IN2/c1-22-13-18(12-21-22)20(24)14-23(15-20)19(16-8-4-2-5-9-16)17-10-6-3-7-11-17;1-7-3-4(5)2-6-7/h2-13,19,24H,14-15H2,1H3;2-3H,1H3. The van der Waals surface area contributed by atoms with E-state index in [1.807, 2.05) is 44.8 Å². The maximum atomic E-state index is 10.9. The van der Waals surface area contributed by atoms with E-state index >= 15 is 0 Å². The molecule has 2 aromatic heterocycles. The summed E-state index contributed by atoms with van der Waals surface area (Å²) in [7, 11) is 3.78. The third-order valence-electron chi connectivity index (χ3n) is 5.44. The molecular formula is C24H26IN5O. The monoisotopic (exact) mass is 527 g/mol. The van der Waals surface area contributed by atoms with Gasteiger partial charge in [-0.25, -0.2) is 0 Å². The van der Waals surface area contributed by atoms with Gasteiger partial charge in [0, 0.05) is 45.1 Å². The largest absolute Gasteiger partial charge is 0.382 e. The van der Waals surface area contributed by atoms with Gasteiger partial charge in [-0.15, -0.1) is 0 Å². The first-order valence-corrected chi connectivity index (χ1v) is 11.2. The zero-order valence-electron chi connectivity index (χ0n) is 17.6. The summed E-state index contributed by atoms with van der Waals surface area (Å²) in [5.74, 6) is 0. The predicted molar refractivity (Wildman–Crippen MR) is 129 cm³/mol. The maximum Gasteiger partial charge on any atom is 0.118 e. The molecule has 1 saturated heterocycles. The highest BCUT2D eigenvalue weighted by Crippen LogP contribution is 2.40. The molecular weight excluding hydrogens is 501 g/mol. The van der Waals surface area contributed by atoms with Crippen molar-refractivity contribution in [1.82, 2.24) is 24.5 Å². The van der Waals surface area contributed by atoms with Crippen LogP contribution in [-0.2, 0) is 19.7 Å². The number of rotatable bonds is 4. The molecule has 5 rings (SSSR count). The van der Waals surface area contributed by atoms with Gasteiger partial charge in [-0.2, -0.15) is 10.2 Å². The van der Waals surface area contributed by atoms with Crippen LogP contribution in [0.15, 0.2) is 85.5 Å². The summed E-state index contributed by atoms with van der Waals surface area (Å²) >= 11 is 2.22. The van der Waals surface area contributed by atoms with E-state index in [1.165, 1.54) is 14.7 Å². The number of hydrogen-bond acceptors (Lipinski definition) is 4. The zero-order chi connectivity index (χ0) is 21.8. The van der Waals surface area contributed by atoms with Crippen molar-refractivity contribution in [3.8, 4) is 0 Å². The minimum atomic E-state index is -0.809. The fourth-order valence-electron chi connectivity index (χ4n) is 3.93. The van der Waals surface area contributed by atoms with Crippen LogP contribution in [-0.4, -0.2) is 42.7 Å². The molecule has 3 heterocycles. The number of hydrogen-bond donors (Lipinski definition) is 1. The van der Waals surface area contributed by atoms with Crippen molar-refractivity contribution in [2.75, 3.05) is 13.1 Å². The van der Waals surface area contributed by atoms with Gasteiger partial charge in [-0.3, -0.25) is 14.3 Å². The van der Waals surface area contributed by atoms with E-state index in [2.05, 4.69) is 86.2 Å². The molecule has 0 saturated carbocycles. The van der Waals surface area contributed by atoms with E-state index in [4.69, 9.17) is 0 Å². The number of nitrogens with zero attached hydrogens (tertiary/aromatic N) is 5. The van der Waals surface area contributed by atoms with Gasteiger partial charge in [0.25, 0.3) is 0 Å². The van der Waals surface area contributed by atoms with Gasteiger partial charge >= 0.3 is 0 Å². The topological polar surface area (TPSA) is 59.1 Å². The number of benzene rings is 2. The smallest absolute Gasteiger partial charge is 0.118 e. The first-order chi connectivity index (χ1) is 14.9. The van der Waals surface area contributed by atoms with Crippen LogP contribution in [0.1, 0.15) is 22.7 Å². The Balaban J connectivity index is 0.000000282. The lowest BCUT2D eigenvalue weighted by Gasteiger charge is -2.50. The minimum Gasteiger partial charge on any atom is -0.382 e. The lowest BCUT2D eigenvalue weighted by atomic mass is 9.84. The van der Waals surface area contributed by atoms with E-state index in [-0.39, 0.29) is 6.04 Å². The highest BCUT2D eigenvalue weighted by atomic mass is 127. The van der Waals surface area contributed by atoms with Gasteiger partial charge in [0.05, 0.1) is 22.0 Å². The molecule has 1 aliphatic heterocycles. The number of halogens is 1. The first kappa shape index (κ1) is 21.7. The van der Waals surface area contributed by atoms with Crippen LogP contribution in [0.3, 0.4) is 0 Å². The molecule has 0 aliphatic carbocycles. The van der Waals surface area contributed by atoms with Crippen LogP contribution in [0.5, 0.6) is 0 Å². The Labute approximate surface area is 196 Å². The van der Waals surface area contributed by atoms with Crippen LogP contribution in [0.4, 0.5) is 0 Å². The van der Waals surface area contributed by atoms with Gasteiger partial charge in [0.15, 0.2) is 0 Å². The molecule has 7 heteroatoms. The molecule has 1 aliphatic rings. The molecule has 0 radical (unpaired) electrons. The second kappa shape index (κ2) is 9.33. The summed E-state index contributed by atoms with van der Waals surface area (Å²) in [4.78, 5) is 2.32. The second-order valence-corrected chi connectivity index (χ2v) is 9.14. The van der Waals surface area contributed by atoms with E-state index in [1.54, 1.807) is 15.6 Å². The van der Waals surface area contributed by atoms with Gasteiger partial charge < -0.3 is 5.11 Å². The number of aryl methyl sites for hydroxylation is 2. The number of aliphatic hydroxyl groups is 1. The Morgan fingerprint density at radius 2 is 1.35 bits per heavy atom. The average molecular weight is 527 g/mol. The third kappa shape index (κ3) is 5.06. The van der Waals surface area contributed by atoms with Gasteiger partial charge in [0.2, 0.25) is 0 Å². The lowest BCUT2D eigenvalue weighted by molar-refractivity contribution is -0.116. The van der Waals surface area contributed by atoms with Crippen molar-refractivity contribution >= 4 is 22.6 Å². The number of likely N-dealkylation sites (tertiary alicyclic amines) is 1. The predicted octanol–water partition coefficient (Wildman–Crippen LogP) is 3.74. The summed E-state index contributed by atoms with van der Waals surface area (Å²) in [6.07, 6.45) is 7.44. The summed E-state index contributed by atoms with van der Waals surface area (Å²) in [6.45, 7) is 1.21. The number of aromatic nitrogens is 4. The molecule has 4 aromatic rings. The van der Waals surface area contributed by atoms with Crippen LogP contribution < -0.4 is 0 Å². The van der Waals surface area contributed by atoms with Gasteiger partial charge in [-0.1, -0.05) is 60.7 Å². The summed E-state index contributed by atoms with van der Waals surface area (Å²) < 4.78 is 4.70. The highest BCUT2D eigenvalue weighted by Gasteiger charge is 2.46. The van der Waals surface area contributed by atoms with E-state index in [0.29, 0.717) is 13.1 Å². The van der Waals surface area contributed by atoms with E-state index in [0.717, 1.165) is 5.56 Å². The van der Waals surface area contributed by atoms with Crippen molar-refractivity contribution in [3.63, 3.8) is 0 Å². The Morgan fingerprint density at radius 3 is 1.74 bits per heavy atom. The molecule has 0 atom stereocenters. The first-order valence-electron chi connectivity index (χ1n) is 10.1. The third-order valence-corrected chi connectivity index (χ3v) is 6.00. The molecule has 2 aromatic carbocycles. The summed E-state index contributed by atoms with van der Waals surface area (Å²) in [5, 5.41) is 19.0. The lowest BCUT2D eigenvalue weighted by Crippen LogP contribution is -2.60. The fourth-order valence-corrected chi connectivity index (χ4v) is 4.46. The normalized spacial score (nSPS) is 15.3. The Kier molecular flexibility index (Phi) is 6.54. The van der Waals surface area contributed by atoms with Crippen molar-refractivity contribution in [3.05, 3.63) is 106 Å². The van der Waals surface area contributed by atoms with Crippen LogP contribution >= 0.6 is 22.6 Å². The molecule has 0 amide bonds. The summed E-state index contributed by atoms with van der Waals surface area (Å²) in [5.41, 5.74) is 2.57. The maximum absolute atomic E-state index is 10.9. The van der Waals surface area contributed by atoms with Gasteiger partial charge in [-0.05, 0) is 33.7 Å². The molecule has 31 heavy (non-hydrogen) atoms. The fraction of sp³-hybridized carbons (Fsp3) is 0.250. The van der Waals surface area contributed by atoms with Crippen molar-refractivity contribution < 1.29 is 5.11 Å². The summed E-state index contributed by atoms with van der Waals surface area (Å²) in [6, 6.07) is 21.1. The van der Waals surface area contributed by atoms with Gasteiger partial charge in [0.1, 0.15) is 5.60 Å². The Morgan fingerprint density at radius 1 is 0.839 bits per heavy atom. The van der Waals surface area contributed by atoms with Crippen LogP contribution in [0, 0.1) is 3.57 Å². The molecule has 6 nitrogen and oxygen atoms in total. The Hall–Kier alpha value is -2.49. The minimum absolute atomic E-state index is 0.157. The van der Waals surface area contributed by atoms with Crippen molar-refractivity contribution in [2.24, 2.45) is 14.1 Å². The highest BCUT2D eigenvalue weighted by molar-refractivity contribution is 14.1. The van der Waals surface area contributed by atoms with Crippen molar-refractivity contribution in [1.29, 1.82) is 0 Å². The molecule has 160 valence electrons. The molecule has 1 N–H and O–H groups in total. The van der Waals surface area contributed by atoms with E-state index in [9.17, 15) is 5.11 Å². The van der Waals surface area contributed by atoms with E-state index < -0.39 is 5.60 Å². The molecule has 0 spiro atoms.